The fraction of sp³-hybridized carbons (Fsp3) is 0.133. The molecule has 4 heteroatoms. The molecule has 19 heavy (non-hydrogen) atoms. The maximum atomic E-state index is 5.37. The summed E-state index contributed by atoms with van der Waals surface area (Å²) in [6.07, 6.45) is 7.54. The van der Waals surface area contributed by atoms with Crippen molar-refractivity contribution in [3.63, 3.8) is 0 Å². The number of benzene rings is 1. The second kappa shape index (κ2) is 7.44. The topological polar surface area (TPSA) is 31.4 Å². The molecule has 2 aromatic rings. The molecule has 3 nitrogen and oxygen atoms in total. The normalized spacial score (nSPS) is 10.0. The zero-order chi connectivity index (χ0) is 12.8. The summed E-state index contributed by atoms with van der Waals surface area (Å²) in [7, 11) is 3.27. The lowest BCUT2D eigenvalue weighted by Crippen LogP contribution is -3.00. The van der Waals surface area contributed by atoms with Gasteiger partial charge in [-0.2, -0.15) is 0 Å². The monoisotopic (exact) mass is 276 g/mol. The minimum Gasteiger partial charge on any atom is -1.00 e. The van der Waals surface area contributed by atoms with Crippen molar-refractivity contribution in [1.82, 2.24) is 4.98 Å². The maximum absolute atomic E-state index is 5.37. The number of pyridine rings is 1. The largest absolute Gasteiger partial charge is 1.00 e. The van der Waals surface area contributed by atoms with Crippen LogP contribution >= 0.6 is 0 Å². The zero-order valence-electron chi connectivity index (χ0n) is 10.8. The Labute approximate surface area is 119 Å². The molecule has 100 valence electrons. The van der Waals surface area contributed by atoms with E-state index in [0.29, 0.717) is 0 Å². The molecule has 0 fully saturated rings. The molecule has 0 bridgehead atoms. The van der Waals surface area contributed by atoms with Gasteiger partial charge in [0.1, 0.15) is 0 Å². The van der Waals surface area contributed by atoms with Crippen LogP contribution in [0.15, 0.2) is 42.7 Å². The quantitative estimate of drug-likeness (QED) is 0.804. The molecule has 1 aromatic heterocycles. The van der Waals surface area contributed by atoms with Gasteiger partial charge in [0.15, 0.2) is 11.5 Å². The van der Waals surface area contributed by atoms with Crippen LogP contribution in [0.25, 0.3) is 12.2 Å². The van der Waals surface area contributed by atoms with Crippen LogP contribution < -0.4 is 21.9 Å². The second-order valence-electron chi connectivity index (χ2n) is 3.70. The molecule has 0 aliphatic rings. The number of ether oxygens (including phenoxy) is 2. The summed E-state index contributed by atoms with van der Waals surface area (Å²) in [6.45, 7) is 0. The third-order valence-corrected chi connectivity index (χ3v) is 2.59. The Kier molecular flexibility index (Phi) is 5.90. The molecule has 0 unspecified atom stereocenters. The lowest BCUT2D eigenvalue weighted by Gasteiger charge is -2.09. The highest BCUT2D eigenvalue weighted by atomic mass is 35.5. The van der Waals surface area contributed by atoms with E-state index in [1.165, 1.54) is 0 Å². The van der Waals surface area contributed by atoms with Gasteiger partial charge < -0.3 is 21.9 Å². The van der Waals surface area contributed by atoms with Crippen molar-refractivity contribution in [2.24, 2.45) is 0 Å². The summed E-state index contributed by atoms with van der Waals surface area (Å²) in [5, 5.41) is 0. The molecule has 0 aliphatic carbocycles. The van der Waals surface area contributed by atoms with Gasteiger partial charge in [-0.05, 0) is 23.8 Å². The molecule has 0 saturated carbocycles. The Bertz CT molecular complexity index is 541. The van der Waals surface area contributed by atoms with E-state index in [1.54, 1.807) is 26.6 Å². The van der Waals surface area contributed by atoms with Gasteiger partial charge in [-0.25, -0.2) is 0 Å². The molecular weight excluding hydrogens is 262 g/mol. The highest BCUT2D eigenvalue weighted by molar-refractivity contribution is 5.74. The van der Waals surface area contributed by atoms with Crippen molar-refractivity contribution in [3.05, 3.63) is 53.9 Å². The minimum absolute atomic E-state index is 0. The standard InChI is InChI=1S/C15H15NO2.ClH/c1-17-14-5-3-4-13(15(14)18-2)7-6-12-8-10-16-11-9-12;/h3-11H,1-2H3;1H/p-1/b7-6+;. The summed E-state index contributed by atoms with van der Waals surface area (Å²) in [4.78, 5) is 3.98. The van der Waals surface area contributed by atoms with Gasteiger partial charge in [0, 0.05) is 18.0 Å². The predicted octanol–water partition coefficient (Wildman–Crippen LogP) is 0.273. The van der Waals surface area contributed by atoms with Crippen molar-refractivity contribution < 1.29 is 21.9 Å². The SMILES string of the molecule is COc1cccc(/C=C/c2ccncc2)c1OC.[Cl-]. The van der Waals surface area contributed by atoms with Gasteiger partial charge in [0.05, 0.1) is 14.2 Å². The maximum Gasteiger partial charge on any atom is 0.167 e. The predicted molar refractivity (Wildman–Crippen MR) is 72.7 cm³/mol. The summed E-state index contributed by atoms with van der Waals surface area (Å²) >= 11 is 0. The Hall–Kier alpha value is -2.00. The fourth-order valence-corrected chi connectivity index (χ4v) is 1.70. The summed E-state index contributed by atoms with van der Waals surface area (Å²) in [6, 6.07) is 9.70. The van der Waals surface area contributed by atoms with Crippen LogP contribution in [0, 0.1) is 0 Å². The average Bonchev–Trinajstić information content (AvgIpc) is 2.45. The molecule has 0 amide bonds. The molecule has 0 saturated heterocycles. The molecule has 2 rings (SSSR count). The van der Waals surface area contributed by atoms with E-state index in [9.17, 15) is 0 Å². The lowest BCUT2D eigenvalue weighted by atomic mass is 10.1. The number of aromatic nitrogens is 1. The molecule has 0 N–H and O–H groups in total. The number of nitrogens with zero attached hydrogens (tertiary/aromatic N) is 1. The smallest absolute Gasteiger partial charge is 0.167 e. The average molecular weight is 277 g/mol. The van der Waals surface area contributed by atoms with Crippen molar-refractivity contribution in [2.45, 2.75) is 0 Å². The van der Waals surface area contributed by atoms with Gasteiger partial charge in [-0.3, -0.25) is 4.98 Å². The van der Waals surface area contributed by atoms with E-state index in [4.69, 9.17) is 9.47 Å². The summed E-state index contributed by atoms with van der Waals surface area (Å²) in [5.74, 6) is 1.47. The van der Waals surface area contributed by atoms with Crippen LogP contribution in [-0.4, -0.2) is 19.2 Å². The molecule has 0 radical (unpaired) electrons. The first-order valence-corrected chi connectivity index (χ1v) is 5.64. The molecule has 0 aliphatic heterocycles. The van der Waals surface area contributed by atoms with Gasteiger partial charge in [-0.15, -0.1) is 0 Å². The Morgan fingerprint density at radius 3 is 2.32 bits per heavy atom. The molecule has 0 atom stereocenters. The third-order valence-electron chi connectivity index (χ3n) is 2.59. The summed E-state index contributed by atoms with van der Waals surface area (Å²) < 4.78 is 10.6. The highest BCUT2D eigenvalue weighted by Gasteiger charge is 2.06. The Morgan fingerprint density at radius 2 is 1.68 bits per heavy atom. The van der Waals surface area contributed by atoms with Crippen LogP contribution in [0.2, 0.25) is 0 Å². The van der Waals surface area contributed by atoms with Crippen LogP contribution in [-0.2, 0) is 0 Å². The van der Waals surface area contributed by atoms with Crippen LogP contribution in [0.3, 0.4) is 0 Å². The van der Waals surface area contributed by atoms with Crippen molar-refractivity contribution >= 4 is 12.2 Å². The zero-order valence-corrected chi connectivity index (χ0v) is 11.6. The number of halogens is 1. The first-order chi connectivity index (χ1) is 8.85. The third kappa shape index (κ3) is 3.73. The lowest BCUT2D eigenvalue weighted by molar-refractivity contribution is -0.00000412. The van der Waals surface area contributed by atoms with E-state index in [2.05, 4.69) is 4.98 Å². The molecule has 1 heterocycles. The van der Waals surface area contributed by atoms with E-state index in [0.717, 1.165) is 22.6 Å². The number of hydrogen-bond donors (Lipinski definition) is 0. The second-order valence-corrected chi connectivity index (χ2v) is 3.70. The highest BCUT2D eigenvalue weighted by Crippen LogP contribution is 2.31. The number of hydrogen-bond acceptors (Lipinski definition) is 3. The first-order valence-electron chi connectivity index (χ1n) is 5.64. The number of rotatable bonds is 4. The molecular formula is C15H15ClNO2-. The van der Waals surface area contributed by atoms with Gasteiger partial charge in [0.25, 0.3) is 0 Å². The van der Waals surface area contributed by atoms with E-state index < -0.39 is 0 Å². The van der Waals surface area contributed by atoms with Crippen molar-refractivity contribution in [1.29, 1.82) is 0 Å². The van der Waals surface area contributed by atoms with E-state index in [-0.39, 0.29) is 12.4 Å². The van der Waals surface area contributed by atoms with Gasteiger partial charge >= 0.3 is 0 Å². The van der Waals surface area contributed by atoms with Crippen LogP contribution in [0.1, 0.15) is 11.1 Å². The Balaban J connectivity index is 0.00000180. The van der Waals surface area contributed by atoms with Crippen molar-refractivity contribution in [3.8, 4) is 11.5 Å². The van der Waals surface area contributed by atoms with Gasteiger partial charge in [-0.1, -0.05) is 24.3 Å². The van der Waals surface area contributed by atoms with Crippen molar-refractivity contribution in [2.75, 3.05) is 14.2 Å². The first kappa shape index (κ1) is 15.1. The number of para-hydroxylation sites is 1. The van der Waals surface area contributed by atoms with Gasteiger partial charge in [0.2, 0.25) is 0 Å². The fourth-order valence-electron chi connectivity index (χ4n) is 1.70. The van der Waals surface area contributed by atoms with E-state index >= 15 is 0 Å². The summed E-state index contributed by atoms with van der Waals surface area (Å²) in [5.41, 5.74) is 2.07. The molecule has 0 spiro atoms. The minimum atomic E-state index is 0. The Morgan fingerprint density at radius 1 is 0.947 bits per heavy atom. The molecule has 1 aromatic carbocycles. The van der Waals surface area contributed by atoms with E-state index in [1.807, 2.05) is 42.5 Å². The van der Waals surface area contributed by atoms with Crippen LogP contribution in [0.5, 0.6) is 11.5 Å². The van der Waals surface area contributed by atoms with Crippen LogP contribution in [0.4, 0.5) is 0 Å². The number of methoxy groups -OCH3 is 2.